The van der Waals surface area contributed by atoms with Crippen molar-refractivity contribution in [2.24, 2.45) is 0 Å². The van der Waals surface area contributed by atoms with E-state index in [1.807, 2.05) is 0 Å². The van der Waals surface area contributed by atoms with E-state index in [2.05, 4.69) is 5.32 Å². The molecule has 0 fully saturated rings. The smallest absolute Gasteiger partial charge is 0.299 e. The van der Waals surface area contributed by atoms with Crippen molar-refractivity contribution in [1.82, 2.24) is 0 Å². The molecule has 1 aromatic rings. The minimum Gasteiger partial charge on any atom is -0.363 e. The van der Waals surface area contributed by atoms with Crippen molar-refractivity contribution < 1.29 is 14.6 Å². The zero-order valence-electron chi connectivity index (χ0n) is 10.0. The first kappa shape index (κ1) is 14.8. The van der Waals surface area contributed by atoms with Crippen molar-refractivity contribution >= 4 is 33.9 Å². The summed E-state index contributed by atoms with van der Waals surface area (Å²) in [6, 6.07) is 1.38. The average Bonchev–Trinajstić information content (AvgIpc) is 2.29. The lowest BCUT2D eigenvalue weighted by molar-refractivity contribution is -0.392. The topological polar surface area (TPSA) is 115 Å². The number of nitrogens with zero attached hydrogens (tertiary/aromatic N) is 2. The molecule has 0 saturated carbocycles. The summed E-state index contributed by atoms with van der Waals surface area (Å²) in [7, 11) is 0. The quantitative estimate of drug-likeness (QED) is 0.505. The van der Waals surface area contributed by atoms with E-state index in [0.29, 0.717) is 5.56 Å². The second kappa shape index (κ2) is 5.61. The maximum absolute atomic E-state index is 10.9. The summed E-state index contributed by atoms with van der Waals surface area (Å²) in [5, 5.41) is 23.5. The highest BCUT2D eigenvalue weighted by atomic mass is 35.5. The maximum atomic E-state index is 10.9. The molecule has 1 aromatic carbocycles. The van der Waals surface area contributed by atoms with E-state index in [9.17, 15) is 25.0 Å². The third-order valence-electron chi connectivity index (χ3n) is 2.34. The van der Waals surface area contributed by atoms with Crippen LogP contribution in [0.15, 0.2) is 12.1 Å². The molecule has 1 N–H and O–H groups in total. The summed E-state index contributed by atoms with van der Waals surface area (Å²) >= 11 is 5.23. The van der Waals surface area contributed by atoms with Crippen molar-refractivity contribution in [1.29, 1.82) is 0 Å². The summed E-state index contributed by atoms with van der Waals surface area (Å²) in [5.41, 5.74) is -0.913. The van der Waals surface area contributed by atoms with E-state index in [1.54, 1.807) is 0 Å². The number of hydrogen-bond acceptors (Lipinski definition) is 6. The van der Waals surface area contributed by atoms with Crippen LogP contribution in [-0.4, -0.2) is 21.1 Å². The fourth-order valence-electron chi connectivity index (χ4n) is 1.46. The van der Waals surface area contributed by atoms with Gasteiger partial charge in [-0.25, -0.2) is 0 Å². The largest absolute Gasteiger partial charge is 0.363 e. The van der Waals surface area contributed by atoms with Gasteiger partial charge in [-0.1, -0.05) is 0 Å². The molecule has 1 unspecified atom stereocenters. The van der Waals surface area contributed by atoms with Gasteiger partial charge >= 0.3 is 0 Å². The summed E-state index contributed by atoms with van der Waals surface area (Å²) in [6.45, 7) is 2.85. The van der Waals surface area contributed by atoms with Crippen molar-refractivity contribution in [2.45, 2.75) is 19.9 Å². The highest BCUT2D eigenvalue weighted by Gasteiger charge is 2.28. The molecule has 1 atom stereocenters. The van der Waals surface area contributed by atoms with Gasteiger partial charge in [-0.3, -0.25) is 25.0 Å². The Labute approximate surface area is 112 Å². The molecular formula is C10H10ClN3O5. The van der Waals surface area contributed by atoms with Gasteiger partial charge in [-0.05, 0) is 31.0 Å². The predicted octanol–water partition coefficient (Wildman–Crippen LogP) is 2.38. The SMILES string of the molecule is Cc1cc([N+](=O)[O-])c(NC(C)C(=O)Cl)c([N+](=O)[O-])c1. The number of nitro benzene ring substituents is 2. The molecule has 0 radical (unpaired) electrons. The van der Waals surface area contributed by atoms with Gasteiger partial charge in [-0.15, -0.1) is 0 Å². The van der Waals surface area contributed by atoms with Crippen molar-refractivity contribution in [3.63, 3.8) is 0 Å². The Morgan fingerprint density at radius 1 is 1.26 bits per heavy atom. The van der Waals surface area contributed by atoms with Gasteiger partial charge in [0.2, 0.25) is 5.24 Å². The van der Waals surface area contributed by atoms with Gasteiger partial charge in [0.1, 0.15) is 0 Å². The molecule has 8 nitrogen and oxygen atoms in total. The number of anilines is 1. The fraction of sp³-hybridized carbons (Fsp3) is 0.300. The molecule has 0 aliphatic carbocycles. The number of aryl methyl sites for hydroxylation is 1. The average molecular weight is 288 g/mol. The number of carbonyl (C=O) groups excluding carboxylic acids is 1. The molecule has 0 saturated heterocycles. The number of nitrogens with one attached hydrogen (secondary N) is 1. The standard InChI is InChI=1S/C10H10ClN3O5/c1-5-3-7(13(16)17)9(8(4-5)14(18)19)12-6(2)10(11)15/h3-4,6,12H,1-2H3. The highest BCUT2D eigenvalue weighted by Crippen LogP contribution is 2.36. The summed E-state index contributed by atoms with van der Waals surface area (Å²) in [5.74, 6) is 0. The normalized spacial score (nSPS) is 11.7. The first-order valence-electron chi connectivity index (χ1n) is 5.13. The summed E-state index contributed by atoms with van der Waals surface area (Å²) in [6.07, 6.45) is 0. The highest BCUT2D eigenvalue weighted by molar-refractivity contribution is 6.65. The molecule has 19 heavy (non-hydrogen) atoms. The van der Waals surface area contributed by atoms with Crippen LogP contribution >= 0.6 is 11.6 Å². The van der Waals surface area contributed by atoms with Crippen molar-refractivity contribution in [2.75, 3.05) is 5.32 Å². The van der Waals surface area contributed by atoms with Crippen LogP contribution in [0, 0.1) is 27.2 Å². The minimum atomic E-state index is -0.984. The van der Waals surface area contributed by atoms with Gasteiger partial charge < -0.3 is 5.32 Å². The van der Waals surface area contributed by atoms with Crippen LogP contribution in [0.4, 0.5) is 17.1 Å². The number of rotatable bonds is 5. The Morgan fingerprint density at radius 3 is 2.00 bits per heavy atom. The number of benzene rings is 1. The van der Waals surface area contributed by atoms with E-state index < -0.39 is 32.5 Å². The van der Waals surface area contributed by atoms with Gasteiger partial charge in [-0.2, -0.15) is 0 Å². The molecule has 9 heteroatoms. The molecule has 0 spiro atoms. The van der Waals surface area contributed by atoms with E-state index in [4.69, 9.17) is 11.6 Å². The van der Waals surface area contributed by atoms with Crippen LogP contribution in [-0.2, 0) is 4.79 Å². The molecule has 0 bridgehead atoms. The zero-order valence-corrected chi connectivity index (χ0v) is 10.8. The van der Waals surface area contributed by atoms with E-state index >= 15 is 0 Å². The van der Waals surface area contributed by atoms with E-state index in [-0.39, 0.29) is 5.69 Å². The Bertz CT molecular complexity index is 525. The van der Waals surface area contributed by atoms with Crippen LogP contribution in [0.5, 0.6) is 0 Å². The minimum absolute atomic E-state index is 0.331. The van der Waals surface area contributed by atoms with Gasteiger partial charge in [0, 0.05) is 12.1 Å². The molecule has 102 valence electrons. The van der Waals surface area contributed by atoms with Gasteiger partial charge in [0.15, 0.2) is 5.69 Å². The Morgan fingerprint density at radius 2 is 1.68 bits per heavy atom. The number of carbonyl (C=O) groups is 1. The lowest BCUT2D eigenvalue weighted by atomic mass is 10.1. The Hall–Kier alpha value is -2.22. The van der Waals surface area contributed by atoms with Crippen LogP contribution < -0.4 is 5.32 Å². The molecule has 0 aliphatic rings. The van der Waals surface area contributed by atoms with E-state index in [0.717, 1.165) is 0 Å². The predicted molar refractivity (Wildman–Crippen MR) is 68.4 cm³/mol. The van der Waals surface area contributed by atoms with Crippen LogP contribution in [0.25, 0.3) is 0 Å². The lowest BCUT2D eigenvalue weighted by Gasteiger charge is -2.11. The molecule has 1 rings (SSSR count). The van der Waals surface area contributed by atoms with Crippen molar-refractivity contribution in [3.8, 4) is 0 Å². The number of nitro groups is 2. The summed E-state index contributed by atoms with van der Waals surface area (Å²) in [4.78, 5) is 31.3. The monoisotopic (exact) mass is 287 g/mol. The van der Waals surface area contributed by atoms with Crippen LogP contribution in [0.1, 0.15) is 12.5 Å². The number of halogens is 1. The molecular weight excluding hydrogens is 278 g/mol. The third-order valence-corrected chi connectivity index (χ3v) is 2.66. The summed E-state index contributed by atoms with van der Waals surface area (Å²) < 4.78 is 0. The Kier molecular flexibility index (Phi) is 4.38. The lowest BCUT2D eigenvalue weighted by Crippen LogP contribution is -2.23. The zero-order chi connectivity index (χ0) is 14.7. The van der Waals surface area contributed by atoms with E-state index in [1.165, 1.54) is 26.0 Å². The Balaban J connectivity index is 3.43. The van der Waals surface area contributed by atoms with Crippen LogP contribution in [0.2, 0.25) is 0 Å². The third kappa shape index (κ3) is 3.38. The second-order valence-electron chi connectivity index (χ2n) is 3.86. The second-order valence-corrected chi connectivity index (χ2v) is 4.24. The maximum Gasteiger partial charge on any atom is 0.299 e. The molecule has 0 aliphatic heterocycles. The van der Waals surface area contributed by atoms with Crippen molar-refractivity contribution in [3.05, 3.63) is 37.9 Å². The first-order valence-corrected chi connectivity index (χ1v) is 5.51. The molecule has 0 aromatic heterocycles. The number of hydrogen-bond donors (Lipinski definition) is 1. The van der Waals surface area contributed by atoms with Crippen LogP contribution in [0.3, 0.4) is 0 Å². The van der Waals surface area contributed by atoms with Gasteiger partial charge in [0.05, 0.1) is 15.9 Å². The molecule has 0 heterocycles. The fourth-order valence-corrected chi connectivity index (χ4v) is 1.51. The molecule has 0 amide bonds. The first-order chi connectivity index (χ1) is 8.73. The van der Waals surface area contributed by atoms with Gasteiger partial charge in [0.25, 0.3) is 11.4 Å².